The molecule has 1 fully saturated rings. The summed E-state index contributed by atoms with van der Waals surface area (Å²) in [5.74, 6) is 1.35. The third kappa shape index (κ3) is 5.93. The Labute approximate surface area is 156 Å². The van der Waals surface area contributed by atoms with E-state index in [-0.39, 0.29) is 5.84 Å². The number of hydrogen-bond acceptors (Lipinski definition) is 4. The van der Waals surface area contributed by atoms with E-state index in [4.69, 9.17) is 21.4 Å². The number of rotatable bonds is 12. The summed E-state index contributed by atoms with van der Waals surface area (Å²) < 4.78 is 5.78. The highest BCUT2D eigenvalue weighted by atomic mass is 16.5. The standard InChI is InChI=1S/C20H32N4O2/c1-2-3-4-5-6-7-8-15-26-17-11-9-16(10-12-17)18(21)23-20(13-14-20)19(22)24-25/h9-12,25H,2-8,13-15H2,1H3,(H2,21,23)(H2,22,24). The maximum atomic E-state index is 8.84. The van der Waals surface area contributed by atoms with Crippen LogP contribution in [0.1, 0.15) is 70.3 Å². The van der Waals surface area contributed by atoms with Crippen LogP contribution in [0, 0.1) is 0 Å². The fraction of sp³-hybridized carbons (Fsp3) is 0.600. The molecular weight excluding hydrogens is 328 g/mol. The number of nitrogens with zero attached hydrogens (tertiary/aromatic N) is 2. The Morgan fingerprint density at radius 2 is 1.65 bits per heavy atom. The molecule has 0 bridgehead atoms. The van der Waals surface area contributed by atoms with Crippen LogP contribution in [0.5, 0.6) is 5.75 Å². The quantitative estimate of drug-likeness (QED) is 0.173. The molecule has 1 aliphatic rings. The molecule has 1 aromatic carbocycles. The molecule has 1 saturated carbocycles. The van der Waals surface area contributed by atoms with Crippen molar-refractivity contribution >= 4 is 11.7 Å². The van der Waals surface area contributed by atoms with Gasteiger partial charge in [-0.1, -0.05) is 50.6 Å². The molecule has 1 aliphatic carbocycles. The van der Waals surface area contributed by atoms with Gasteiger partial charge in [-0.15, -0.1) is 0 Å². The van der Waals surface area contributed by atoms with Crippen LogP contribution in [-0.2, 0) is 0 Å². The van der Waals surface area contributed by atoms with Gasteiger partial charge in [-0.05, 0) is 43.5 Å². The van der Waals surface area contributed by atoms with Crippen molar-refractivity contribution in [2.24, 2.45) is 21.6 Å². The number of hydrogen-bond donors (Lipinski definition) is 3. The highest BCUT2D eigenvalue weighted by Crippen LogP contribution is 2.40. The lowest BCUT2D eigenvalue weighted by molar-refractivity contribution is 0.304. The molecule has 144 valence electrons. The van der Waals surface area contributed by atoms with Crippen LogP contribution in [0.3, 0.4) is 0 Å². The van der Waals surface area contributed by atoms with Gasteiger partial charge in [0, 0.05) is 5.56 Å². The van der Waals surface area contributed by atoms with E-state index in [2.05, 4.69) is 17.1 Å². The Bertz CT molecular complexity index is 607. The van der Waals surface area contributed by atoms with E-state index in [0.717, 1.165) is 37.2 Å². The molecule has 0 spiro atoms. The van der Waals surface area contributed by atoms with Crippen LogP contribution in [-0.4, -0.2) is 29.0 Å². The average molecular weight is 361 g/mol. The Morgan fingerprint density at radius 1 is 1.04 bits per heavy atom. The van der Waals surface area contributed by atoms with Gasteiger partial charge in [0.15, 0.2) is 5.84 Å². The van der Waals surface area contributed by atoms with E-state index < -0.39 is 5.54 Å². The van der Waals surface area contributed by atoms with Gasteiger partial charge < -0.3 is 21.4 Å². The van der Waals surface area contributed by atoms with Crippen LogP contribution in [0.2, 0.25) is 0 Å². The molecule has 26 heavy (non-hydrogen) atoms. The summed E-state index contributed by atoms with van der Waals surface area (Å²) in [6, 6.07) is 7.59. The lowest BCUT2D eigenvalue weighted by atomic mass is 10.1. The third-order valence-corrected chi connectivity index (χ3v) is 4.81. The van der Waals surface area contributed by atoms with Crippen molar-refractivity contribution in [3.8, 4) is 5.75 Å². The van der Waals surface area contributed by atoms with Gasteiger partial charge in [-0.25, -0.2) is 0 Å². The van der Waals surface area contributed by atoms with Crippen molar-refractivity contribution in [1.29, 1.82) is 0 Å². The van der Waals surface area contributed by atoms with Gasteiger partial charge in [0.1, 0.15) is 17.1 Å². The fourth-order valence-electron chi connectivity index (χ4n) is 2.90. The minimum absolute atomic E-state index is 0.120. The fourth-order valence-corrected chi connectivity index (χ4v) is 2.90. The molecule has 0 saturated heterocycles. The van der Waals surface area contributed by atoms with Crippen molar-refractivity contribution < 1.29 is 9.94 Å². The van der Waals surface area contributed by atoms with E-state index in [1.165, 1.54) is 38.5 Å². The van der Waals surface area contributed by atoms with Crippen molar-refractivity contribution in [2.75, 3.05) is 6.61 Å². The molecule has 0 amide bonds. The lowest BCUT2D eigenvalue weighted by Crippen LogP contribution is -2.32. The predicted molar refractivity (Wildman–Crippen MR) is 106 cm³/mol. The molecule has 0 aliphatic heterocycles. The summed E-state index contributed by atoms with van der Waals surface area (Å²) in [5.41, 5.74) is 12.0. The molecule has 6 nitrogen and oxygen atoms in total. The monoisotopic (exact) mass is 360 g/mol. The summed E-state index contributed by atoms with van der Waals surface area (Å²) in [6.07, 6.45) is 10.4. The van der Waals surface area contributed by atoms with Crippen molar-refractivity contribution in [1.82, 2.24) is 0 Å². The zero-order valence-electron chi connectivity index (χ0n) is 15.8. The van der Waals surface area contributed by atoms with Gasteiger partial charge in [-0.3, -0.25) is 4.99 Å². The molecule has 0 radical (unpaired) electrons. The summed E-state index contributed by atoms with van der Waals surface area (Å²) in [6.45, 7) is 2.98. The Hall–Kier alpha value is -2.24. The molecule has 2 rings (SSSR count). The van der Waals surface area contributed by atoms with Crippen LogP contribution < -0.4 is 16.2 Å². The average Bonchev–Trinajstić information content (AvgIpc) is 3.44. The van der Waals surface area contributed by atoms with Gasteiger partial charge >= 0.3 is 0 Å². The van der Waals surface area contributed by atoms with E-state index in [9.17, 15) is 0 Å². The Balaban J connectivity index is 1.74. The van der Waals surface area contributed by atoms with Crippen LogP contribution in [0.25, 0.3) is 0 Å². The first kappa shape index (κ1) is 20.1. The number of aliphatic imine (C=N–C) groups is 1. The summed E-state index contributed by atoms with van der Waals surface area (Å²) >= 11 is 0. The number of nitrogens with two attached hydrogens (primary N) is 2. The SMILES string of the molecule is CCCCCCCCCOc1ccc(C(N)=NC2(C(N)=NO)CC2)cc1. The summed E-state index contributed by atoms with van der Waals surface area (Å²) in [7, 11) is 0. The highest BCUT2D eigenvalue weighted by molar-refractivity contribution is 6.02. The zero-order valence-corrected chi connectivity index (χ0v) is 15.8. The Kier molecular flexibility index (Phi) is 7.75. The van der Waals surface area contributed by atoms with Gasteiger partial charge in [0.05, 0.1) is 6.61 Å². The topological polar surface area (TPSA) is 106 Å². The van der Waals surface area contributed by atoms with Crippen LogP contribution in [0.4, 0.5) is 0 Å². The molecular formula is C20H32N4O2. The molecule has 5 N–H and O–H groups in total. The number of unbranched alkanes of at least 4 members (excludes halogenated alkanes) is 6. The molecule has 1 aromatic rings. The Morgan fingerprint density at radius 3 is 2.23 bits per heavy atom. The summed E-state index contributed by atoms with van der Waals surface area (Å²) in [5, 5.41) is 11.9. The second-order valence-corrected chi connectivity index (χ2v) is 7.01. The third-order valence-electron chi connectivity index (χ3n) is 4.81. The zero-order chi connectivity index (χ0) is 18.8. The first-order valence-corrected chi connectivity index (χ1v) is 9.68. The molecule has 0 aromatic heterocycles. The lowest BCUT2D eigenvalue weighted by Gasteiger charge is -2.10. The van der Waals surface area contributed by atoms with E-state index >= 15 is 0 Å². The number of oxime groups is 1. The minimum atomic E-state index is -0.620. The molecule has 0 heterocycles. The summed E-state index contributed by atoms with van der Waals surface area (Å²) in [4.78, 5) is 4.45. The number of benzene rings is 1. The maximum absolute atomic E-state index is 8.84. The maximum Gasteiger partial charge on any atom is 0.167 e. The van der Waals surface area contributed by atoms with E-state index in [1.54, 1.807) is 0 Å². The first-order valence-electron chi connectivity index (χ1n) is 9.68. The molecule has 6 heteroatoms. The van der Waals surface area contributed by atoms with Crippen molar-refractivity contribution in [3.63, 3.8) is 0 Å². The smallest absolute Gasteiger partial charge is 0.167 e. The number of amidine groups is 2. The minimum Gasteiger partial charge on any atom is -0.494 e. The van der Waals surface area contributed by atoms with Crippen molar-refractivity contribution in [2.45, 2.75) is 70.3 Å². The van der Waals surface area contributed by atoms with Crippen LogP contribution >= 0.6 is 0 Å². The molecule has 0 unspecified atom stereocenters. The van der Waals surface area contributed by atoms with Crippen LogP contribution in [0.15, 0.2) is 34.4 Å². The molecule has 0 atom stereocenters. The predicted octanol–water partition coefficient (Wildman–Crippen LogP) is 3.80. The number of ether oxygens (including phenoxy) is 1. The van der Waals surface area contributed by atoms with Gasteiger partial charge in [-0.2, -0.15) is 0 Å². The van der Waals surface area contributed by atoms with E-state index in [1.807, 2.05) is 24.3 Å². The largest absolute Gasteiger partial charge is 0.494 e. The normalized spacial score (nSPS) is 16.5. The van der Waals surface area contributed by atoms with E-state index in [0.29, 0.717) is 5.84 Å². The highest BCUT2D eigenvalue weighted by Gasteiger charge is 2.47. The van der Waals surface area contributed by atoms with Gasteiger partial charge in [0.2, 0.25) is 0 Å². The second kappa shape index (κ2) is 10.0. The first-order chi connectivity index (χ1) is 12.6. The van der Waals surface area contributed by atoms with Crippen molar-refractivity contribution in [3.05, 3.63) is 29.8 Å². The van der Waals surface area contributed by atoms with Gasteiger partial charge in [0.25, 0.3) is 0 Å². The second-order valence-electron chi connectivity index (χ2n) is 7.01.